The number of halogens is 1. The van der Waals surface area contributed by atoms with Crippen molar-refractivity contribution in [2.45, 2.75) is 13.8 Å². The average Bonchev–Trinajstić information content (AvgIpc) is 3.03. The van der Waals surface area contributed by atoms with Crippen LogP contribution in [0.4, 0.5) is 5.00 Å². The fourth-order valence-electron chi connectivity index (χ4n) is 2.49. The molecule has 0 radical (unpaired) electrons. The molecule has 0 atom stereocenters. The number of hydrogen-bond acceptors (Lipinski definition) is 4. The molecule has 0 fully saturated rings. The zero-order valence-electron chi connectivity index (χ0n) is 14.8. The molecule has 1 N–H and O–H groups in total. The van der Waals surface area contributed by atoms with E-state index in [4.69, 9.17) is 0 Å². The normalized spacial score (nSPS) is 11.1. The number of allylic oxidation sites excluding steroid dienone is 1. The lowest BCUT2D eigenvalue weighted by molar-refractivity contribution is -0.114. The Hall–Kier alpha value is -2.75. The van der Waals surface area contributed by atoms with E-state index in [1.165, 1.54) is 18.3 Å². The zero-order valence-corrected chi connectivity index (χ0v) is 17.2. The van der Waals surface area contributed by atoms with Crippen LogP contribution < -0.4 is 5.32 Å². The summed E-state index contributed by atoms with van der Waals surface area (Å²) < 4.78 is 0.937. The number of benzene rings is 2. The molecule has 3 aromatic rings. The molecule has 0 aliphatic heterocycles. The van der Waals surface area contributed by atoms with Gasteiger partial charge in [0.05, 0.1) is 5.57 Å². The SMILES string of the molecule is CC(=O)Nc1sc(/C(C#N)=C/c2cccc(Br)c2)nc1-c1ccc(C)cc1. The van der Waals surface area contributed by atoms with Gasteiger partial charge in [0.2, 0.25) is 5.91 Å². The predicted molar refractivity (Wildman–Crippen MR) is 114 cm³/mol. The quantitative estimate of drug-likeness (QED) is 0.516. The first-order valence-electron chi connectivity index (χ1n) is 8.19. The minimum absolute atomic E-state index is 0.173. The summed E-state index contributed by atoms with van der Waals surface area (Å²) in [6.45, 7) is 3.47. The van der Waals surface area contributed by atoms with Gasteiger partial charge in [-0.2, -0.15) is 5.26 Å². The van der Waals surface area contributed by atoms with Crippen molar-refractivity contribution >= 4 is 49.8 Å². The van der Waals surface area contributed by atoms with Gasteiger partial charge in [-0.3, -0.25) is 4.79 Å². The molecule has 1 aromatic heterocycles. The molecule has 0 unspecified atom stereocenters. The second-order valence-corrected chi connectivity index (χ2v) is 7.88. The van der Waals surface area contributed by atoms with Crippen LogP contribution in [-0.4, -0.2) is 10.9 Å². The summed E-state index contributed by atoms with van der Waals surface area (Å²) in [6.07, 6.45) is 1.79. The van der Waals surface area contributed by atoms with E-state index in [9.17, 15) is 10.1 Å². The maximum Gasteiger partial charge on any atom is 0.221 e. The number of aryl methyl sites for hydroxylation is 1. The molecule has 6 heteroatoms. The lowest BCUT2D eigenvalue weighted by atomic mass is 10.1. The molecule has 134 valence electrons. The van der Waals surface area contributed by atoms with Crippen LogP contribution >= 0.6 is 27.3 Å². The first-order valence-corrected chi connectivity index (χ1v) is 9.80. The minimum atomic E-state index is -0.173. The van der Waals surface area contributed by atoms with Gasteiger partial charge in [-0.15, -0.1) is 0 Å². The Morgan fingerprint density at radius 2 is 2.00 bits per heavy atom. The molecular formula is C21H16BrN3OS. The number of nitriles is 1. The lowest BCUT2D eigenvalue weighted by Gasteiger charge is -2.03. The molecule has 0 aliphatic rings. The van der Waals surface area contributed by atoms with E-state index in [-0.39, 0.29) is 5.91 Å². The molecule has 27 heavy (non-hydrogen) atoms. The van der Waals surface area contributed by atoms with Gasteiger partial charge < -0.3 is 5.32 Å². The van der Waals surface area contributed by atoms with Gasteiger partial charge in [0.15, 0.2) is 0 Å². The van der Waals surface area contributed by atoms with Crippen LogP contribution in [0, 0.1) is 18.3 Å². The van der Waals surface area contributed by atoms with E-state index in [1.54, 1.807) is 6.08 Å². The number of rotatable bonds is 4. The summed E-state index contributed by atoms with van der Waals surface area (Å²) in [4.78, 5) is 16.3. The van der Waals surface area contributed by atoms with Crippen molar-refractivity contribution in [3.63, 3.8) is 0 Å². The number of anilines is 1. The number of hydrogen-bond donors (Lipinski definition) is 1. The van der Waals surface area contributed by atoms with E-state index in [2.05, 4.69) is 32.3 Å². The summed E-state index contributed by atoms with van der Waals surface area (Å²) in [5, 5.41) is 13.7. The van der Waals surface area contributed by atoms with Crippen molar-refractivity contribution in [1.29, 1.82) is 5.26 Å². The average molecular weight is 438 g/mol. The van der Waals surface area contributed by atoms with Gasteiger partial charge >= 0.3 is 0 Å². The summed E-state index contributed by atoms with van der Waals surface area (Å²) >= 11 is 4.73. The van der Waals surface area contributed by atoms with Gasteiger partial charge in [0.25, 0.3) is 0 Å². The smallest absolute Gasteiger partial charge is 0.221 e. The second kappa shape index (κ2) is 8.30. The van der Waals surface area contributed by atoms with Crippen LogP contribution in [0.25, 0.3) is 22.9 Å². The number of nitrogens with zero attached hydrogens (tertiary/aromatic N) is 2. The summed E-state index contributed by atoms with van der Waals surface area (Å²) in [7, 11) is 0. The Balaban J connectivity index is 2.08. The highest BCUT2D eigenvalue weighted by atomic mass is 79.9. The molecule has 0 aliphatic carbocycles. The van der Waals surface area contributed by atoms with Crippen molar-refractivity contribution in [1.82, 2.24) is 4.98 Å². The summed E-state index contributed by atoms with van der Waals surface area (Å²) in [6, 6.07) is 17.8. The van der Waals surface area contributed by atoms with Crippen LogP contribution in [0.5, 0.6) is 0 Å². The molecule has 0 bridgehead atoms. The highest BCUT2D eigenvalue weighted by Gasteiger charge is 2.17. The zero-order chi connectivity index (χ0) is 19.4. The molecular weight excluding hydrogens is 422 g/mol. The molecule has 1 amide bonds. The van der Waals surface area contributed by atoms with E-state index >= 15 is 0 Å². The van der Waals surface area contributed by atoms with Gasteiger partial charge in [-0.25, -0.2) is 4.98 Å². The highest BCUT2D eigenvalue weighted by Crippen LogP contribution is 2.36. The number of nitrogens with one attached hydrogen (secondary N) is 1. The monoisotopic (exact) mass is 437 g/mol. The Bertz CT molecular complexity index is 1060. The van der Waals surface area contributed by atoms with Crippen molar-refractivity contribution < 1.29 is 4.79 Å². The van der Waals surface area contributed by atoms with Crippen molar-refractivity contribution in [2.75, 3.05) is 5.32 Å². The Labute approximate surface area is 170 Å². The van der Waals surface area contributed by atoms with Crippen LogP contribution in [-0.2, 0) is 4.79 Å². The van der Waals surface area contributed by atoms with Crippen LogP contribution in [0.2, 0.25) is 0 Å². The molecule has 3 rings (SSSR count). The summed E-state index contributed by atoms with van der Waals surface area (Å²) in [5.74, 6) is -0.173. The van der Waals surface area contributed by atoms with Crippen LogP contribution in [0.15, 0.2) is 53.0 Å². The van der Waals surface area contributed by atoms with E-state index in [1.807, 2.05) is 55.5 Å². The minimum Gasteiger partial charge on any atom is -0.316 e. The van der Waals surface area contributed by atoms with E-state index < -0.39 is 0 Å². The topological polar surface area (TPSA) is 65.8 Å². The number of carbonyl (C=O) groups excluding carboxylic acids is 1. The van der Waals surface area contributed by atoms with Gasteiger partial charge in [0.1, 0.15) is 21.8 Å². The number of carbonyl (C=O) groups is 1. The van der Waals surface area contributed by atoms with Crippen molar-refractivity contribution in [3.05, 3.63) is 69.1 Å². The first kappa shape index (κ1) is 19.0. The molecule has 4 nitrogen and oxygen atoms in total. The van der Waals surface area contributed by atoms with Crippen molar-refractivity contribution in [2.24, 2.45) is 0 Å². The van der Waals surface area contributed by atoms with Gasteiger partial charge in [-0.05, 0) is 30.7 Å². The van der Waals surface area contributed by atoms with E-state index in [0.29, 0.717) is 21.3 Å². The fraction of sp³-hybridized carbons (Fsp3) is 0.0952. The number of aromatic nitrogens is 1. The second-order valence-electron chi connectivity index (χ2n) is 5.97. The van der Waals surface area contributed by atoms with Crippen LogP contribution in [0.3, 0.4) is 0 Å². The third-order valence-electron chi connectivity index (χ3n) is 3.75. The standard InChI is InChI=1S/C21H16BrN3OS/c1-13-6-8-16(9-7-13)19-21(24-14(2)26)27-20(25-19)17(12-23)10-15-4-3-5-18(22)11-15/h3-11H,1-2H3,(H,24,26)/b17-10+. The molecule has 0 saturated carbocycles. The third-order valence-corrected chi connectivity index (χ3v) is 5.25. The van der Waals surface area contributed by atoms with Crippen LogP contribution in [0.1, 0.15) is 23.1 Å². The maximum absolute atomic E-state index is 11.6. The molecule has 1 heterocycles. The predicted octanol–water partition coefficient (Wildman–Crippen LogP) is 5.90. The Kier molecular flexibility index (Phi) is 5.84. The maximum atomic E-state index is 11.6. The van der Waals surface area contributed by atoms with E-state index in [0.717, 1.165) is 21.2 Å². The molecule has 0 saturated heterocycles. The largest absolute Gasteiger partial charge is 0.316 e. The number of thiazole rings is 1. The summed E-state index contributed by atoms with van der Waals surface area (Å²) in [5.41, 5.74) is 4.05. The number of amides is 1. The van der Waals surface area contributed by atoms with Gasteiger partial charge in [-0.1, -0.05) is 69.2 Å². The highest BCUT2D eigenvalue weighted by molar-refractivity contribution is 9.10. The molecule has 0 spiro atoms. The lowest BCUT2D eigenvalue weighted by Crippen LogP contribution is -2.05. The fourth-order valence-corrected chi connectivity index (χ4v) is 3.91. The Morgan fingerprint density at radius 1 is 1.26 bits per heavy atom. The first-order chi connectivity index (χ1) is 13.0. The van der Waals surface area contributed by atoms with Crippen molar-refractivity contribution in [3.8, 4) is 17.3 Å². The van der Waals surface area contributed by atoms with Gasteiger partial charge in [0, 0.05) is 17.0 Å². The Morgan fingerprint density at radius 3 is 2.63 bits per heavy atom. The third kappa shape index (κ3) is 4.70. The molecule has 2 aromatic carbocycles.